The molecule has 0 aromatic rings. The quantitative estimate of drug-likeness (QED) is 0.0208. The van der Waals surface area contributed by atoms with Crippen LogP contribution in [0.15, 0.2) is 24.3 Å². The van der Waals surface area contributed by atoms with Crippen molar-refractivity contribution in [3.63, 3.8) is 0 Å². The molecule has 0 fully saturated rings. The number of allylic oxidation sites excluding steroid dienone is 4. The molecule has 0 N–H and O–H groups in total. The maximum atomic E-state index is 5.54. The molecule has 0 aromatic heterocycles. The van der Waals surface area contributed by atoms with Crippen LogP contribution in [0.5, 0.6) is 0 Å². The van der Waals surface area contributed by atoms with Gasteiger partial charge in [-0.15, -0.1) is 0 Å². The van der Waals surface area contributed by atoms with Crippen molar-refractivity contribution in [3.05, 3.63) is 24.3 Å². The van der Waals surface area contributed by atoms with Crippen molar-refractivity contribution >= 4 is 45.2 Å². The van der Waals surface area contributed by atoms with E-state index in [1.807, 2.05) is 0 Å². The summed E-state index contributed by atoms with van der Waals surface area (Å²) in [4.78, 5) is 0. The summed E-state index contributed by atoms with van der Waals surface area (Å²) in [5, 5.41) is 0. The van der Waals surface area contributed by atoms with Crippen LogP contribution in [0.3, 0.4) is 0 Å². The molecule has 0 aliphatic rings. The SMILES string of the molecule is ICCCCCCCCCCCCC=CCCCOCOCOCCCC=CCCCCCCCCCCCCI. The van der Waals surface area contributed by atoms with Crippen LogP contribution in [-0.2, 0) is 14.2 Å². The van der Waals surface area contributed by atoms with E-state index < -0.39 is 0 Å². The third-order valence-electron chi connectivity index (χ3n) is 7.49. The second kappa shape index (κ2) is 40.8. The summed E-state index contributed by atoms with van der Waals surface area (Å²) < 4.78 is 19.1. The molecule has 0 saturated carbocycles. The number of ether oxygens (including phenoxy) is 3. The Morgan fingerprint density at radius 2 is 0.561 bits per heavy atom. The standard InChI is InChI=1S/C36H68I2O3/c37-31-27-23-19-15-11-7-3-1-5-9-13-17-21-25-29-33-39-35-41-36-40-34-30-26-22-18-14-10-6-2-4-8-12-16-20-24-28-32-38/h17-18,21-22H,1-16,19-20,23-36H2. The van der Waals surface area contributed by atoms with Crippen molar-refractivity contribution in [1.82, 2.24) is 0 Å². The summed E-state index contributed by atoms with van der Waals surface area (Å²) in [5.41, 5.74) is 0. The molecule has 0 unspecified atom stereocenters. The second-order valence-electron chi connectivity index (χ2n) is 11.5. The van der Waals surface area contributed by atoms with Gasteiger partial charge in [0.2, 0.25) is 0 Å². The van der Waals surface area contributed by atoms with Gasteiger partial charge < -0.3 is 14.2 Å². The molecular formula is C36H68I2O3. The Morgan fingerprint density at radius 3 is 0.878 bits per heavy atom. The summed E-state index contributed by atoms with van der Waals surface area (Å²) in [6.45, 7) is 2.18. The van der Waals surface area contributed by atoms with E-state index in [1.54, 1.807) is 0 Å². The molecular weight excluding hydrogens is 734 g/mol. The van der Waals surface area contributed by atoms with Crippen molar-refractivity contribution in [2.45, 2.75) is 167 Å². The van der Waals surface area contributed by atoms with E-state index >= 15 is 0 Å². The zero-order valence-corrected chi connectivity index (χ0v) is 31.2. The maximum absolute atomic E-state index is 5.54. The van der Waals surface area contributed by atoms with Crippen LogP contribution in [0, 0.1) is 0 Å². The van der Waals surface area contributed by atoms with Gasteiger partial charge in [0.15, 0.2) is 0 Å². The number of unbranched alkanes of at least 4 members (excludes halogenated alkanes) is 22. The van der Waals surface area contributed by atoms with Crippen LogP contribution in [-0.4, -0.2) is 35.7 Å². The molecule has 0 saturated heterocycles. The van der Waals surface area contributed by atoms with E-state index in [2.05, 4.69) is 69.5 Å². The molecule has 5 heteroatoms. The first-order valence-electron chi connectivity index (χ1n) is 17.6. The van der Waals surface area contributed by atoms with E-state index in [1.165, 1.54) is 150 Å². The lowest BCUT2D eigenvalue weighted by molar-refractivity contribution is -0.131. The molecule has 0 amide bonds. The molecule has 244 valence electrons. The van der Waals surface area contributed by atoms with Gasteiger partial charge in [0, 0.05) is 13.2 Å². The lowest BCUT2D eigenvalue weighted by atomic mass is 10.1. The number of hydrogen-bond acceptors (Lipinski definition) is 3. The number of rotatable bonds is 36. The minimum atomic E-state index is 0.334. The molecule has 0 atom stereocenters. The van der Waals surface area contributed by atoms with Gasteiger partial charge in [-0.25, -0.2) is 0 Å². The molecule has 0 aromatic carbocycles. The van der Waals surface area contributed by atoms with Crippen molar-refractivity contribution in [2.24, 2.45) is 0 Å². The van der Waals surface area contributed by atoms with Crippen LogP contribution in [0.4, 0.5) is 0 Å². The van der Waals surface area contributed by atoms with Gasteiger partial charge in [0.25, 0.3) is 0 Å². The topological polar surface area (TPSA) is 27.7 Å². The maximum Gasteiger partial charge on any atom is 0.149 e. The zero-order chi connectivity index (χ0) is 29.6. The summed E-state index contributed by atoms with van der Waals surface area (Å²) in [7, 11) is 0. The van der Waals surface area contributed by atoms with Crippen LogP contribution in [0.1, 0.15) is 167 Å². The molecule has 0 spiro atoms. The highest BCUT2D eigenvalue weighted by atomic mass is 127. The molecule has 0 heterocycles. The van der Waals surface area contributed by atoms with Crippen molar-refractivity contribution in [3.8, 4) is 0 Å². The zero-order valence-electron chi connectivity index (χ0n) is 26.9. The highest BCUT2D eigenvalue weighted by Crippen LogP contribution is 2.13. The molecule has 0 rings (SSSR count). The van der Waals surface area contributed by atoms with Gasteiger partial charge in [-0.2, -0.15) is 0 Å². The Bertz CT molecular complexity index is 469. The number of halogens is 2. The lowest BCUT2D eigenvalue weighted by Gasteiger charge is -2.06. The highest BCUT2D eigenvalue weighted by molar-refractivity contribution is 14.1. The second-order valence-corrected chi connectivity index (χ2v) is 13.7. The van der Waals surface area contributed by atoms with E-state index in [0.29, 0.717) is 13.6 Å². The molecule has 41 heavy (non-hydrogen) atoms. The van der Waals surface area contributed by atoms with E-state index in [4.69, 9.17) is 14.2 Å². The summed E-state index contributed by atoms with van der Waals surface area (Å²) in [6, 6.07) is 0. The fourth-order valence-electron chi connectivity index (χ4n) is 4.89. The minimum Gasteiger partial charge on any atom is -0.355 e. The smallest absolute Gasteiger partial charge is 0.149 e. The molecule has 0 aliphatic heterocycles. The van der Waals surface area contributed by atoms with Crippen LogP contribution < -0.4 is 0 Å². The Labute approximate surface area is 284 Å². The first-order chi connectivity index (χ1) is 20.4. The van der Waals surface area contributed by atoms with Gasteiger partial charge in [0.05, 0.1) is 0 Å². The molecule has 0 aliphatic carbocycles. The normalized spacial score (nSPS) is 12.0. The van der Waals surface area contributed by atoms with Crippen LogP contribution >= 0.6 is 45.2 Å². The largest absolute Gasteiger partial charge is 0.355 e. The van der Waals surface area contributed by atoms with Crippen molar-refractivity contribution < 1.29 is 14.2 Å². The molecule has 0 radical (unpaired) electrons. The van der Waals surface area contributed by atoms with Crippen LogP contribution in [0.2, 0.25) is 0 Å². The first-order valence-corrected chi connectivity index (χ1v) is 20.6. The predicted molar refractivity (Wildman–Crippen MR) is 199 cm³/mol. The Hall–Kier alpha value is 0.820. The van der Waals surface area contributed by atoms with Gasteiger partial charge in [-0.3, -0.25) is 0 Å². The highest BCUT2D eigenvalue weighted by Gasteiger charge is 1.95. The average Bonchev–Trinajstić information content (AvgIpc) is 2.98. The van der Waals surface area contributed by atoms with E-state index in [-0.39, 0.29) is 0 Å². The van der Waals surface area contributed by atoms with E-state index in [9.17, 15) is 0 Å². The Kier molecular flexibility index (Phi) is 41.6. The Balaban J connectivity index is 3.12. The van der Waals surface area contributed by atoms with Gasteiger partial charge in [-0.05, 0) is 73.1 Å². The monoisotopic (exact) mass is 802 g/mol. The van der Waals surface area contributed by atoms with Crippen LogP contribution in [0.25, 0.3) is 0 Å². The van der Waals surface area contributed by atoms with E-state index in [0.717, 1.165) is 38.9 Å². The summed E-state index contributed by atoms with van der Waals surface area (Å²) in [5.74, 6) is 0. The van der Waals surface area contributed by atoms with Crippen molar-refractivity contribution in [1.29, 1.82) is 0 Å². The van der Waals surface area contributed by atoms with Gasteiger partial charge in [-0.1, -0.05) is 172 Å². The predicted octanol–water partition coefficient (Wildman–Crippen LogP) is 13.1. The summed E-state index contributed by atoms with van der Waals surface area (Å²) in [6.07, 6.45) is 44.5. The molecule has 0 bridgehead atoms. The third-order valence-corrected chi connectivity index (χ3v) is 9.02. The lowest BCUT2D eigenvalue weighted by Crippen LogP contribution is -2.06. The fourth-order valence-corrected chi connectivity index (χ4v) is 5.97. The van der Waals surface area contributed by atoms with Gasteiger partial charge in [0.1, 0.15) is 13.6 Å². The first kappa shape index (κ1) is 41.8. The molecule has 3 nitrogen and oxygen atoms in total. The number of alkyl halides is 2. The van der Waals surface area contributed by atoms with Crippen molar-refractivity contribution in [2.75, 3.05) is 35.7 Å². The average molecular weight is 803 g/mol. The minimum absolute atomic E-state index is 0.334. The summed E-state index contributed by atoms with van der Waals surface area (Å²) >= 11 is 4.97. The Morgan fingerprint density at radius 1 is 0.293 bits per heavy atom. The fraction of sp³-hybridized carbons (Fsp3) is 0.889. The van der Waals surface area contributed by atoms with Gasteiger partial charge >= 0.3 is 0 Å². The number of hydrogen-bond donors (Lipinski definition) is 0. The third kappa shape index (κ3) is 40.8.